The number of fused-ring (bicyclic) bond motifs is 1. The van der Waals surface area contributed by atoms with Gasteiger partial charge in [0, 0.05) is 11.7 Å². The van der Waals surface area contributed by atoms with E-state index in [1.807, 2.05) is 12.1 Å². The van der Waals surface area contributed by atoms with E-state index in [1.54, 1.807) is 0 Å². The van der Waals surface area contributed by atoms with Crippen LogP contribution in [0, 0.1) is 11.3 Å². The Kier molecular flexibility index (Phi) is 2.11. The number of benzene rings is 1. The van der Waals surface area contributed by atoms with Crippen LogP contribution < -0.4 is 11.1 Å². The third kappa shape index (κ3) is 1.75. The summed E-state index contributed by atoms with van der Waals surface area (Å²) in [6, 6.07) is 6.21. The van der Waals surface area contributed by atoms with E-state index in [9.17, 15) is 4.79 Å². The summed E-state index contributed by atoms with van der Waals surface area (Å²) < 4.78 is 0. The predicted molar refractivity (Wildman–Crippen MR) is 67.6 cm³/mol. The van der Waals surface area contributed by atoms with Crippen molar-refractivity contribution in [2.75, 3.05) is 5.32 Å². The van der Waals surface area contributed by atoms with Crippen LogP contribution in [0.2, 0.25) is 0 Å². The van der Waals surface area contributed by atoms with Crippen LogP contribution in [-0.2, 0) is 11.2 Å². The number of nitrogens with one attached hydrogen (secondary N) is 1. The second kappa shape index (κ2) is 3.33. The molecule has 1 heterocycles. The molecule has 0 bridgehead atoms. The first-order valence-electron chi connectivity index (χ1n) is 6.16. The molecule has 0 aromatic heterocycles. The smallest absolute Gasteiger partial charge is 0.228 e. The molecule has 0 spiro atoms. The van der Waals surface area contributed by atoms with Crippen molar-refractivity contribution in [2.24, 2.45) is 17.1 Å². The molecule has 1 aliphatic heterocycles. The van der Waals surface area contributed by atoms with Crippen LogP contribution in [0.5, 0.6) is 0 Å². The van der Waals surface area contributed by atoms with E-state index in [0.717, 1.165) is 16.8 Å². The lowest BCUT2D eigenvalue weighted by molar-refractivity contribution is -0.115. The Morgan fingerprint density at radius 2 is 2.18 bits per heavy atom. The zero-order valence-electron chi connectivity index (χ0n) is 10.3. The molecule has 1 aliphatic carbocycles. The van der Waals surface area contributed by atoms with Crippen LogP contribution >= 0.6 is 0 Å². The fraction of sp³-hybridized carbons (Fsp3) is 0.500. The number of nitrogens with two attached hydrogens (primary N) is 1. The first-order valence-corrected chi connectivity index (χ1v) is 6.16. The molecule has 1 fully saturated rings. The monoisotopic (exact) mass is 230 g/mol. The average Bonchev–Trinajstić information content (AvgIpc) is 2.73. The quantitative estimate of drug-likeness (QED) is 0.818. The van der Waals surface area contributed by atoms with Gasteiger partial charge in [0.05, 0.1) is 6.42 Å². The van der Waals surface area contributed by atoms with Crippen LogP contribution in [-0.4, -0.2) is 5.91 Å². The molecule has 3 rings (SSSR count). The highest BCUT2D eigenvalue weighted by Gasteiger charge is 2.49. The summed E-state index contributed by atoms with van der Waals surface area (Å²) in [4.78, 5) is 11.3. The maximum absolute atomic E-state index is 11.3. The summed E-state index contributed by atoms with van der Waals surface area (Å²) >= 11 is 0. The number of hydrogen-bond acceptors (Lipinski definition) is 2. The number of hydrogen-bond donors (Lipinski definition) is 2. The largest absolute Gasteiger partial charge is 0.326 e. The number of amides is 1. The highest BCUT2D eigenvalue weighted by Crippen LogP contribution is 2.57. The second-order valence-corrected chi connectivity index (χ2v) is 5.97. The SMILES string of the molecule is CC1(C)CC1C(N)c1ccc2c(c1)CC(=O)N2. The standard InChI is InChI=1S/C14H18N2O/c1-14(2)7-10(14)13(15)8-3-4-11-9(5-8)6-12(17)16-11/h3-5,10,13H,6-7,15H2,1-2H3,(H,16,17). The Morgan fingerprint density at radius 1 is 1.47 bits per heavy atom. The van der Waals surface area contributed by atoms with Crippen LogP contribution in [0.25, 0.3) is 0 Å². The Balaban J connectivity index is 1.86. The van der Waals surface area contributed by atoms with Crippen molar-refractivity contribution in [1.82, 2.24) is 0 Å². The fourth-order valence-electron chi connectivity index (χ4n) is 2.81. The molecule has 2 aliphatic rings. The first-order chi connectivity index (χ1) is 7.97. The molecule has 0 saturated heterocycles. The molecule has 1 saturated carbocycles. The van der Waals surface area contributed by atoms with Gasteiger partial charge in [-0.3, -0.25) is 4.79 Å². The lowest BCUT2D eigenvalue weighted by Gasteiger charge is -2.15. The molecule has 3 N–H and O–H groups in total. The summed E-state index contributed by atoms with van der Waals surface area (Å²) in [6.45, 7) is 4.52. The molecule has 3 heteroatoms. The van der Waals surface area contributed by atoms with E-state index in [2.05, 4.69) is 25.2 Å². The average molecular weight is 230 g/mol. The zero-order valence-corrected chi connectivity index (χ0v) is 10.3. The first kappa shape index (κ1) is 10.8. The van der Waals surface area contributed by atoms with Gasteiger partial charge >= 0.3 is 0 Å². The highest BCUT2D eigenvalue weighted by molar-refractivity contribution is 5.99. The molecule has 0 radical (unpaired) electrons. The van der Waals surface area contributed by atoms with Gasteiger partial charge in [-0.25, -0.2) is 0 Å². The van der Waals surface area contributed by atoms with E-state index in [-0.39, 0.29) is 11.9 Å². The van der Waals surface area contributed by atoms with Crippen molar-refractivity contribution < 1.29 is 4.79 Å². The molecule has 1 aromatic rings. The van der Waals surface area contributed by atoms with Crippen molar-refractivity contribution in [2.45, 2.75) is 32.7 Å². The molecule has 2 atom stereocenters. The maximum atomic E-state index is 11.3. The molecular formula is C14H18N2O. The van der Waals surface area contributed by atoms with E-state index in [1.165, 1.54) is 6.42 Å². The lowest BCUT2D eigenvalue weighted by atomic mass is 9.96. The van der Waals surface area contributed by atoms with Gasteiger partial charge in [-0.05, 0) is 34.9 Å². The summed E-state index contributed by atoms with van der Waals surface area (Å²) in [5.74, 6) is 0.656. The normalized spacial score (nSPS) is 26.3. The molecule has 3 nitrogen and oxygen atoms in total. The molecule has 1 aromatic carbocycles. The summed E-state index contributed by atoms with van der Waals surface area (Å²) in [5.41, 5.74) is 9.87. The molecule has 17 heavy (non-hydrogen) atoms. The molecule has 1 amide bonds. The van der Waals surface area contributed by atoms with Gasteiger partial charge in [0.1, 0.15) is 0 Å². The Hall–Kier alpha value is -1.35. The third-order valence-electron chi connectivity index (χ3n) is 4.16. The minimum absolute atomic E-state index is 0.0810. The predicted octanol–water partition coefficient (Wildman–Crippen LogP) is 2.23. The molecule has 2 unspecified atom stereocenters. The van der Waals surface area contributed by atoms with Gasteiger partial charge in [-0.2, -0.15) is 0 Å². The summed E-state index contributed by atoms with van der Waals surface area (Å²) in [6.07, 6.45) is 1.69. The van der Waals surface area contributed by atoms with Crippen LogP contribution in [0.15, 0.2) is 18.2 Å². The van der Waals surface area contributed by atoms with Gasteiger partial charge < -0.3 is 11.1 Å². The maximum Gasteiger partial charge on any atom is 0.228 e. The van der Waals surface area contributed by atoms with Crippen molar-refractivity contribution in [3.63, 3.8) is 0 Å². The van der Waals surface area contributed by atoms with Crippen molar-refractivity contribution in [3.8, 4) is 0 Å². The van der Waals surface area contributed by atoms with Crippen LogP contribution in [0.1, 0.15) is 37.4 Å². The van der Waals surface area contributed by atoms with E-state index < -0.39 is 0 Å². The van der Waals surface area contributed by atoms with Gasteiger partial charge in [0.15, 0.2) is 0 Å². The zero-order chi connectivity index (χ0) is 12.2. The molecule has 90 valence electrons. The highest BCUT2D eigenvalue weighted by atomic mass is 16.1. The van der Waals surface area contributed by atoms with Crippen LogP contribution in [0.4, 0.5) is 5.69 Å². The van der Waals surface area contributed by atoms with Crippen molar-refractivity contribution in [3.05, 3.63) is 29.3 Å². The van der Waals surface area contributed by atoms with Crippen molar-refractivity contribution in [1.29, 1.82) is 0 Å². The number of rotatable bonds is 2. The van der Waals surface area contributed by atoms with Crippen LogP contribution in [0.3, 0.4) is 0 Å². The van der Waals surface area contributed by atoms with Gasteiger partial charge in [-0.15, -0.1) is 0 Å². The Labute approximate surface area is 101 Å². The lowest BCUT2D eigenvalue weighted by Crippen LogP contribution is -2.15. The number of anilines is 1. The minimum atomic E-state index is 0.0810. The Bertz CT molecular complexity index is 493. The van der Waals surface area contributed by atoms with E-state index in [0.29, 0.717) is 17.8 Å². The van der Waals surface area contributed by atoms with Gasteiger partial charge in [-0.1, -0.05) is 26.0 Å². The van der Waals surface area contributed by atoms with E-state index >= 15 is 0 Å². The molecular weight excluding hydrogens is 212 g/mol. The topological polar surface area (TPSA) is 55.1 Å². The summed E-state index contributed by atoms with van der Waals surface area (Å²) in [7, 11) is 0. The summed E-state index contributed by atoms with van der Waals surface area (Å²) in [5, 5.41) is 2.84. The number of carbonyl (C=O) groups excluding carboxylic acids is 1. The van der Waals surface area contributed by atoms with E-state index in [4.69, 9.17) is 5.73 Å². The second-order valence-electron chi connectivity index (χ2n) is 5.97. The van der Waals surface area contributed by atoms with Crippen molar-refractivity contribution >= 4 is 11.6 Å². The fourth-order valence-corrected chi connectivity index (χ4v) is 2.81. The van der Waals surface area contributed by atoms with Gasteiger partial charge in [0.2, 0.25) is 5.91 Å². The third-order valence-corrected chi connectivity index (χ3v) is 4.16. The van der Waals surface area contributed by atoms with Gasteiger partial charge in [0.25, 0.3) is 0 Å². The Morgan fingerprint density at radius 3 is 2.82 bits per heavy atom. The minimum Gasteiger partial charge on any atom is -0.326 e. The number of carbonyl (C=O) groups is 1.